The number of urea groups is 1. The van der Waals surface area contributed by atoms with Gasteiger partial charge in [0.1, 0.15) is 5.57 Å². The van der Waals surface area contributed by atoms with Crippen LogP contribution < -0.4 is 10.5 Å². The number of hydrogen-bond acceptors (Lipinski definition) is 7. The van der Waals surface area contributed by atoms with Crippen molar-refractivity contribution in [1.82, 2.24) is 19.6 Å². The molecule has 2 fully saturated rings. The number of amides is 4. The summed E-state index contributed by atoms with van der Waals surface area (Å²) < 4.78 is 6.45. The lowest BCUT2D eigenvalue weighted by atomic mass is 10.1. The Morgan fingerprint density at radius 1 is 1.00 bits per heavy atom. The summed E-state index contributed by atoms with van der Waals surface area (Å²) >= 11 is 0. The van der Waals surface area contributed by atoms with Crippen molar-refractivity contribution in [2.75, 3.05) is 45.3 Å². The quantitative estimate of drug-likeness (QED) is 0.494. The van der Waals surface area contributed by atoms with Gasteiger partial charge in [-0.05, 0) is 6.08 Å². The predicted octanol–water partition coefficient (Wildman–Crippen LogP) is -0.949. The number of carbonyl (C=O) groups is 3. The van der Waals surface area contributed by atoms with Crippen molar-refractivity contribution in [3.05, 3.63) is 27.7 Å². The molecule has 0 bridgehead atoms. The van der Waals surface area contributed by atoms with E-state index in [1.165, 1.54) is 33.4 Å². The van der Waals surface area contributed by atoms with Gasteiger partial charge < -0.3 is 9.64 Å². The van der Waals surface area contributed by atoms with E-state index in [2.05, 4.69) is 5.10 Å². The number of likely N-dealkylation sites (N-methyl/N-ethyl adjacent to an activating group) is 2. The Balaban J connectivity index is 2.13. The molecule has 0 radical (unpaired) electrons. The van der Waals surface area contributed by atoms with Crippen molar-refractivity contribution in [1.29, 1.82) is 0 Å². The molecule has 1 aromatic rings. The smallest absolute Gasteiger partial charge is 0.333 e. The minimum atomic E-state index is -0.745. The molecule has 4 amide bonds. The van der Waals surface area contributed by atoms with Crippen LogP contribution in [-0.4, -0.2) is 77.8 Å². The second-order valence-electron chi connectivity index (χ2n) is 6.04. The SMILES string of the molecule is CN1C(=O)C(=Cc2c(N3CCOCC3)cnn(C)c2=O)C(=O)N(C)C1=O. The van der Waals surface area contributed by atoms with Crippen LogP contribution in [0.1, 0.15) is 5.56 Å². The van der Waals surface area contributed by atoms with Gasteiger partial charge in [0.05, 0.1) is 30.7 Å². The van der Waals surface area contributed by atoms with E-state index in [0.29, 0.717) is 32.0 Å². The molecule has 1 aromatic heterocycles. The van der Waals surface area contributed by atoms with Crippen LogP contribution >= 0.6 is 0 Å². The minimum absolute atomic E-state index is 0.178. The molecule has 0 atom stereocenters. The van der Waals surface area contributed by atoms with Gasteiger partial charge in [0.15, 0.2) is 0 Å². The van der Waals surface area contributed by atoms with E-state index in [-0.39, 0.29) is 11.1 Å². The second-order valence-corrected chi connectivity index (χ2v) is 6.04. The molecule has 0 saturated carbocycles. The monoisotopic (exact) mass is 361 g/mol. The summed E-state index contributed by atoms with van der Waals surface area (Å²) in [5.74, 6) is -1.49. The van der Waals surface area contributed by atoms with E-state index < -0.39 is 23.4 Å². The zero-order chi connectivity index (χ0) is 19.0. The lowest BCUT2D eigenvalue weighted by molar-refractivity contribution is -0.134. The Labute approximate surface area is 149 Å². The van der Waals surface area contributed by atoms with Gasteiger partial charge in [-0.25, -0.2) is 9.48 Å². The van der Waals surface area contributed by atoms with Gasteiger partial charge in [-0.15, -0.1) is 0 Å². The highest BCUT2D eigenvalue weighted by atomic mass is 16.5. The van der Waals surface area contributed by atoms with E-state index in [0.717, 1.165) is 14.5 Å². The van der Waals surface area contributed by atoms with Crippen molar-refractivity contribution >= 4 is 29.6 Å². The molecule has 0 aromatic carbocycles. The first-order chi connectivity index (χ1) is 12.3. The van der Waals surface area contributed by atoms with E-state index in [4.69, 9.17) is 4.74 Å². The highest BCUT2D eigenvalue weighted by Crippen LogP contribution is 2.23. The molecular weight excluding hydrogens is 342 g/mol. The fourth-order valence-corrected chi connectivity index (χ4v) is 2.86. The third kappa shape index (κ3) is 2.88. The van der Waals surface area contributed by atoms with E-state index >= 15 is 0 Å². The molecular formula is C16H19N5O5. The number of rotatable bonds is 2. The van der Waals surface area contributed by atoms with Gasteiger partial charge in [0.25, 0.3) is 17.4 Å². The van der Waals surface area contributed by atoms with E-state index in [9.17, 15) is 19.2 Å². The van der Waals surface area contributed by atoms with Gasteiger partial charge in [-0.3, -0.25) is 24.2 Å². The summed E-state index contributed by atoms with van der Waals surface area (Å²) in [6, 6.07) is -0.715. The van der Waals surface area contributed by atoms with Crippen LogP contribution in [-0.2, 0) is 21.4 Å². The molecule has 2 aliphatic heterocycles. The molecule has 3 heterocycles. The minimum Gasteiger partial charge on any atom is -0.378 e. The molecule has 3 rings (SSSR count). The lowest BCUT2D eigenvalue weighted by Crippen LogP contribution is -2.53. The van der Waals surface area contributed by atoms with Crippen molar-refractivity contribution < 1.29 is 19.1 Å². The van der Waals surface area contributed by atoms with Gasteiger partial charge in [0.2, 0.25) is 0 Å². The van der Waals surface area contributed by atoms with Crippen LogP contribution in [0.3, 0.4) is 0 Å². The molecule has 0 unspecified atom stereocenters. The number of aromatic nitrogens is 2. The number of barbiturate groups is 1. The maximum Gasteiger partial charge on any atom is 0.333 e. The first kappa shape index (κ1) is 17.8. The Morgan fingerprint density at radius 2 is 1.58 bits per heavy atom. The fourth-order valence-electron chi connectivity index (χ4n) is 2.86. The number of hydrogen-bond donors (Lipinski definition) is 0. The summed E-state index contributed by atoms with van der Waals surface area (Å²) in [4.78, 5) is 52.9. The average molecular weight is 361 g/mol. The molecule has 2 aliphatic rings. The van der Waals surface area contributed by atoms with Crippen molar-refractivity contribution in [2.24, 2.45) is 7.05 Å². The third-order valence-electron chi connectivity index (χ3n) is 4.44. The van der Waals surface area contributed by atoms with Gasteiger partial charge in [-0.2, -0.15) is 5.10 Å². The first-order valence-corrected chi connectivity index (χ1v) is 8.03. The normalized spacial score (nSPS) is 18.7. The summed E-state index contributed by atoms with van der Waals surface area (Å²) in [5.41, 5.74) is 0.0145. The Morgan fingerprint density at radius 3 is 2.15 bits per heavy atom. The van der Waals surface area contributed by atoms with Crippen LogP contribution in [0.25, 0.3) is 6.08 Å². The summed E-state index contributed by atoms with van der Waals surface area (Å²) in [7, 11) is 4.06. The number of anilines is 1. The van der Waals surface area contributed by atoms with E-state index in [1.54, 1.807) is 0 Å². The number of ether oxygens (including phenoxy) is 1. The predicted molar refractivity (Wildman–Crippen MR) is 91.4 cm³/mol. The van der Waals surface area contributed by atoms with Crippen LogP contribution in [0.4, 0.5) is 10.5 Å². The van der Waals surface area contributed by atoms with Crippen LogP contribution in [0, 0.1) is 0 Å². The number of nitrogens with zero attached hydrogens (tertiary/aromatic N) is 5. The van der Waals surface area contributed by atoms with Crippen LogP contribution in [0.2, 0.25) is 0 Å². The van der Waals surface area contributed by atoms with Crippen LogP contribution in [0.15, 0.2) is 16.6 Å². The maximum absolute atomic E-state index is 12.6. The Kier molecular flexibility index (Phi) is 4.60. The van der Waals surface area contributed by atoms with Gasteiger partial charge >= 0.3 is 6.03 Å². The molecule has 10 heteroatoms. The van der Waals surface area contributed by atoms with Gasteiger partial charge in [0, 0.05) is 34.2 Å². The lowest BCUT2D eigenvalue weighted by Gasteiger charge is -2.31. The Bertz CT molecular complexity index is 842. The number of imide groups is 2. The van der Waals surface area contributed by atoms with Crippen molar-refractivity contribution in [2.45, 2.75) is 0 Å². The molecule has 2 saturated heterocycles. The van der Waals surface area contributed by atoms with Crippen LogP contribution in [0.5, 0.6) is 0 Å². The number of morpholine rings is 1. The highest BCUT2D eigenvalue weighted by Gasteiger charge is 2.38. The third-order valence-corrected chi connectivity index (χ3v) is 4.44. The van der Waals surface area contributed by atoms with Gasteiger partial charge in [-0.1, -0.05) is 0 Å². The molecule has 0 spiro atoms. The average Bonchev–Trinajstić information content (AvgIpc) is 2.66. The highest BCUT2D eigenvalue weighted by molar-refractivity contribution is 6.30. The molecule has 26 heavy (non-hydrogen) atoms. The van der Waals surface area contributed by atoms with Crippen molar-refractivity contribution in [3.8, 4) is 0 Å². The fraction of sp³-hybridized carbons (Fsp3) is 0.438. The molecule has 0 aliphatic carbocycles. The standard InChI is InChI=1S/C16H19N5O5/c1-18-13(22)11(14(23)19(2)16(18)25)8-10-12(9-17-20(3)15(10)24)21-4-6-26-7-5-21/h8-9H,4-7H2,1-3H3. The summed E-state index contributed by atoms with van der Waals surface area (Å²) in [6.45, 7) is 2.13. The first-order valence-electron chi connectivity index (χ1n) is 8.03. The van der Waals surface area contributed by atoms with E-state index in [1.807, 2.05) is 4.90 Å². The topological polar surface area (TPSA) is 105 Å². The Hall–Kier alpha value is -3.01. The summed E-state index contributed by atoms with van der Waals surface area (Å²) in [6.07, 6.45) is 2.77. The summed E-state index contributed by atoms with van der Waals surface area (Å²) in [5, 5.41) is 4.04. The molecule has 10 nitrogen and oxygen atoms in total. The number of aryl methyl sites for hydroxylation is 1. The zero-order valence-electron chi connectivity index (χ0n) is 14.8. The molecule has 0 N–H and O–H groups in total. The zero-order valence-corrected chi connectivity index (χ0v) is 14.8. The maximum atomic E-state index is 12.6. The largest absolute Gasteiger partial charge is 0.378 e. The number of carbonyl (C=O) groups excluding carboxylic acids is 3. The van der Waals surface area contributed by atoms with Crippen molar-refractivity contribution in [3.63, 3.8) is 0 Å². The second kappa shape index (κ2) is 6.71. The molecule has 138 valence electrons.